The van der Waals surface area contributed by atoms with Gasteiger partial charge in [0.25, 0.3) is 11.8 Å². The lowest BCUT2D eigenvalue weighted by molar-refractivity contribution is 0.101. The Balaban J connectivity index is 1.65. The molecular formula is C17H12ClN5O2. The van der Waals surface area contributed by atoms with Crippen LogP contribution in [-0.4, -0.2) is 26.8 Å². The van der Waals surface area contributed by atoms with Crippen LogP contribution in [0.5, 0.6) is 0 Å². The number of carbonyl (C=O) groups excluding carboxylic acids is 2. The Hall–Kier alpha value is -3.32. The summed E-state index contributed by atoms with van der Waals surface area (Å²) in [6.07, 6.45) is 5.70. The van der Waals surface area contributed by atoms with E-state index in [1.807, 2.05) is 0 Å². The van der Waals surface area contributed by atoms with Gasteiger partial charge in [-0.15, -0.1) is 0 Å². The van der Waals surface area contributed by atoms with Crippen molar-refractivity contribution < 1.29 is 9.59 Å². The molecule has 0 unspecified atom stereocenters. The van der Waals surface area contributed by atoms with E-state index in [-0.39, 0.29) is 11.6 Å². The number of nitrogens with one attached hydrogen (secondary N) is 2. The summed E-state index contributed by atoms with van der Waals surface area (Å²) in [5, 5.41) is 5.64. The second-order valence-corrected chi connectivity index (χ2v) is 5.32. The van der Waals surface area contributed by atoms with Gasteiger partial charge in [0.1, 0.15) is 11.5 Å². The van der Waals surface area contributed by atoms with Crippen LogP contribution >= 0.6 is 11.6 Å². The predicted molar refractivity (Wildman–Crippen MR) is 93.6 cm³/mol. The van der Waals surface area contributed by atoms with Crippen LogP contribution in [-0.2, 0) is 0 Å². The highest BCUT2D eigenvalue weighted by atomic mass is 35.5. The zero-order valence-electron chi connectivity index (χ0n) is 12.8. The molecule has 3 rings (SSSR count). The van der Waals surface area contributed by atoms with Gasteiger partial charge in [-0.2, -0.15) is 0 Å². The number of pyridine rings is 1. The van der Waals surface area contributed by atoms with Crippen LogP contribution in [0, 0.1) is 0 Å². The zero-order valence-corrected chi connectivity index (χ0v) is 13.6. The zero-order chi connectivity index (χ0) is 17.6. The average molecular weight is 354 g/mol. The minimum atomic E-state index is -0.400. The Morgan fingerprint density at radius 2 is 1.72 bits per heavy atom. The topological polar surface area (TPSA) is 96.9 Å². The first-order valence-corrected chi connectivity index (χ1v) is 7.60. The molecule has 0 saturated heterocycles. The Kier molecular flexibility index (Phi) is 4.96. The summed E-state index contributed by atoms with van der Waals surface area (Å²) in [7, 11) is 0. The summed E-state index contributed by atoms with van der Waals surface area (Å²) < 4.78 is 0. The molecule has 0 spiro atoms. The maximum atomic E-state index is 12.2. The molecule has 2 heterocycles. The van der Waals surface area contributed by atoms with Crippen molar-refractivity contribution in [3.8, 4) is 0 Å². The fraction of sp³-hybridized carbons (Fsp3) is 0. The minimum absolute atomic E-state index is 0.193. The third kappa shape index (κ3) is 4.15. The highest BCUT2D eigenvalue weighted by Crippen LogP contribution is 2.17. The van der Waals surface area contributed by atoms with Gasteiger partial charge in [0, 0.05) is 12.4 Å². The molecule has 3 aromatic rings. The van der Waals surface area contributed by atoms with Crippen molar-refractivity contribution in [1.29, 1.82) is 0 Å². The van der Waals surface area contributed by atoms with Crippen molar-refractivity contribution in [2.75, 3.05) is 10.6 Å². The summed E-state index contributed by atoms with van der Waals surface area (Å²) in [6.45, 7) is 0. The summed E-state index contributed by atoms with van der Waals surface area (Å²) in [6, 6.07) is 9.90. The fourth-order valence-electron chi connectivity index (χ4n) is 1.98. The van der Waals surface area contributed by atoms with Crippen molar-refractivity contribution >= 4 is 34.9 Å². The van der Waals surface area contributed by atoms with Gasteiger partial charge in [0.05, 0.1) is 28.7 Å². The number of aromatic nitrogens is 3. The fourth-order valence-corrected chi connectivity index (χ4v) is 2.20. The molecule has 0 aliphatic carbocycles. The number of amides is 2. The van der Waals surface area contributed by atoms with Gasteiger partial charge < -0.3 is 10.6 Å². The number of rotatable bonds is 4. The highest BCUT2D eigenvalue weighted by Gasteiger charge is 2.11. The van der Waals surface area contributed by atoms with Gasteiger partial charge in [0.2, 0.25) is 0 Å². The van der Waals surface area contributed by atoms with Crippen LogP contribution in [0.2, 0.25) is 5.02 Å². The smallest absolute Gasteiger partial charge is 0.275 e. The number of anilines is 2. The van der Waals surface area contributed by atoms with Crippen LogP contribution in [0.25, 0.3) is 0 Å². The second kappa shape index (κ2) is 7.50. The van der Waals surface area contributed by atoms with Crippen LogP contribution in [0.3, 0.4) is 0 Å². The van der Waals surface area contributed by atoms with Gasteiger partial charge in [-0.25, -0.2) is 9.97 Å². The molecule has 0 atom stereocenters. The normalized spacial score (nSPS) is 10.1. The van der Waals surface area contributed by atoms with Crippen molar-refractivity contribution in [2.24, 2.45) is 0 Å². The van der Waals surface area contributed by atoms with Crippen LogP contribution < -0.4 is 10.6 Å². The number of hydrogen-bond acceptors (Lipinski definition) is 5. The first-order valence-electron chi connectivity index (χ1n) is 7.23. The summed E-state index contributed by atoms with van der Waals surface area (Å²) in [5.41, 5.74) is 1.01. The van der Waals surface area contributed by atoms with Crippen molar-refractivity contribution in [3.63, 3.8) is 0 Å². The lowest BCUT2D eigenvalue weighted by Gasteiger charge is -2.07. The molecule has 2 aromatic heterocycles. The van der Waals surface area contributed by atoms with E-state index in [0.29, 0.717) is 22.1 Å². The predicted octanol–water partition coefficient (Wildman–Crippen LogP) is 3.03. The van der Waals surface area contributed by atoms with Crippen molar-refractivity contribution in [3.05, 3.63) is 77.5 Å². The quantitative estimate of drug-likeness (QED) is 0.751. The van der Waals surface area contributed by atoms with Crippen molar-refractivity contribution in [1.82, 2.24) is 15.0 Å². The minimum Gasteiger partial charge on any atom is -0.319 e. The Morgan fingerprint density at radius 3 is 2.40 bits per heavy atom. The van der Waals surface area contributed by atoms with E-state index in [4.69, 9.17) is 11.6 Å². The van der Waals surface area contributed by atoms with E-state index in [1.165, 1.54) is 24.8 Å². The number of nitrogens with zero attached hydrogens (tertiary/aromatic N) is 3. The molecule has 0 aliphatic rings. The van der Waals surface area contributed by atoms with Crippen molar-refractivity contribution in [2.45, 2.75) is 0 Å². The van der Waals surface area contributed by atoms with Crippen LogP contribution in [0.1, 0.15) is 20.8 Å². The molecule has 0 fully saturated rings. The van der Waals surface area contributed by atoms with E-state index < -0.39 is 5.91 Å². The molecule has 2 N–H and O–H groups in total. The molecule has 0 saturated carbocycles. The van der Waals surface area contributed by atoms with E-state index >= 15 is 0 Å². The van der Waals surface area contributed by atoms with Gasteiger partial charge in [0.15, 0.2) is 0 Å². The van der Waals surface area contributed by atoms with E-state index in [1.54, 1.807) is 36.4 Å². The Labute approximate surface area is 148 Å². The number of hydrogen-bond donors (Lipinski definition) is 2. The van der Waals surface area contributed by atoms with Crippen LogP contribution in [0.4, 0.5) is 11.5 Å². The molecule has 0 aliphatic heterocycles. The maximum absolute atomic E-state index is 12.2. The molecule has 0 bridgehead atoms. The standard InChI is InChI=1S/C17H12ClN5O2/c18-13-4-2-1-3-12(13)16(24)23-15-6-5-11(9-21-15)22-17(25)14-10-19-7-8-20-14/h1-10H,(H,22,25)(H,21,23,24). The van der Waals surface area contributed by atoms with E-state index in [0.717, 1.165) is 0 Å². The number of benzene rings is 1. The van der Waals surface area contributed by atoms with E-state index in [9.17, 15) is 9.59 Å². The van der Waals surface area contributed by atoms with Crippen LogP contribution in [0.15, 0.2) is 61.2 Å². The lowest BCUT2D eigenvalue weighted by Crippen LogP contribution is -2.15. The number of carbonyl (C=O) groups is 2. The molecule has 2 amide bonds. The SMILES string of the molecule is O=C(Nc1ccc(NC(=O)c2ccccc2Cl)nc1)c1cnccn1. The first-order chi connectivity index (χ1) is 12.1. The van der Waals surface area contributed by atoms with Gasteiger partial charge >= 0.3 is 0 Å². The monoisotopic (exact) mass is 353 g/mol. The third-order valence-corrected chi connectivity index (χ3v) is 3.51. The summed E-state index contributed by atoms with van der Waals surface area (Å²) in [5.74, 6) is -0.431. The molecule has 0 radical (unpaired) electrons. The molecule has 7 nitrogen and oxygen atoms in total. The van der Waals surface area contributed by atoms with Gasteiger partial charge in [-0.1, -0.05) is 23.7 Å². The largest absolute Gasteiger partial charge is 0.319 e. The van der Waals surface area contributed by atoms with Gasteiger partial charge in [-0.3, -0.25) is 14.6 Å². The summed E-state index contributed by atoms with van der Waals surface area (Å²) >= 11 is 5.99. The average Bonchev–Trinajstić information content (AvgIpc) is 2.64. The van der Waals surface area contributed by atoms with E-state index in [2.05, 4.69) is 25.6 Å². The molecule has 124 valence electrons. The molecular weight excluding hydrogens is 342 g/mol. The third-order valence-electron chi connectivity index (χ3n) is 3.18. The molecule has 8 heteroatoms. The second-order valence-electron chi connectivity index (χ2n) is 4.91. The Morgan fingerprint density at radius 1 is 0.880 bits per heavy atom. The molecule has 1 aromatic carbocycles. The summed E-state index contributed by atoms with van der Waals surface area (Å²) in [4.78, 5) is 36.0. The first kappa shape index (κ1) is 16.5. The Bertz CT molecular complexity index is 900. The highest BCUT2D eigenvalue weighted by molar-refractivity contribution is 6.34. The molecule has 25 heavy (non-hydrogen) atoms. The lowest BCUT2D eigenvalue weighted by atomic mass is 10.2. The maximum Gasteiger partial charge on any atom is 0.275 e. The number of halogens is 1. The van der Waals surface area contributed by atoms with Gasteiger partial charge in [-0.05, 0) is 24.3 Å².